The van der Waals surface area contributed by atoms with Crippen LogP contribution in [0, 0.1) is 11.6 Å². The Morgan fingerprint density at radius 2 is 1.92 bits per heavy atom. The highest BCUT2D eigenvalue weighted by Gasteiger charge is 2.23. The van der Waals surface area contributed by atoms with E-state index in [0.717, 1.165) is 6.07 Å². The highest BCUT2D eigenvalue weighted by molar-refractivity contribution is 9.10. The summed E-state index contributed by atoms with van der Waals surface area (Å²) in [6, 6.07) is 6.15. The molecule has 4 nitrogen and oxygen atoms in total. The number of halogens is 3. The zero-order valence-electron chi connectivity index (χ0n) is 14.1. The summed E-state index contributed by atoms with van der Waals surface area (Å²) in [7, 11) is 0. The zero-order valence-corrected chi connectivity index (χ0v) is 15.7. The number of amides is 1. The summed E-state index contributed by atoms with van der Waals surface area (Å²) in [6.07, 6.45) is 1.10. The van der Waals surface area contributed by atoms with Gasteiger partial charge in [0.05, 0.1) is 11.7 Å². The Morgan fingerprint density at radius 1 is 1.28 bits per heavy atom. The van der Waals surface area contributed by atoms with Gasteiger partial charge in [0.1, 0.15) is 17.2 Å². The first-order valence-corrected chi connectivity index (χ1v) is 8.48. The first-order valence-electron chi connectivity index (χ1n) is 7.69. The van der Waals surface area contributed by atoms with Crippen molar-refractivity contribution in [3.63, 3.8) is 0 Å². The molecule has 0 spiro atoms. The van der Waals surface area contributed by atoms with Crippen molar-refractivity contribution >= 4 is 22.0 Å². The van der Waals surface area contributed by atoms with Gasteiger partial charge in [-0.3, -0.25) is 4.98 Å². The van der Waals surface area contributed by atoms with Crippen LogP contribution in [-0.2, 0) is 11.2 Å². The third-order valence-electron chi connectivity index (χ3n) is 3.17. The maximum absolute atomic E-state index is 13.5. The lowest BCUT2D eigenvalue weighted by atomic mass is 10.0. The van der Waals surface area contributed by atoms with Crippen LogP contribution < -0.4 is 5.32 Å². The number of alkyl carbamates (subject to hydrolysis) is 1. The fourth-order valence-corrected chi connectivity index (χ4v) is 2.82. The van der Waals surface area contributed by atoms with Gasteiger partial charge in [0.25, 0.3) is 0 Å². The van der Waals surface area contributed by atoms with Crippen LogP contribution in [0.5, 0.6) is 0 Å². The van der Waals surface area contributed by atoms with Gasteiger partial charge < -0.3 is 10.1 Å². The van der Waals surface area contributed by atoms with Crippen molar-refractivity contribution in [2.24, 2.45) is 0 Å². The number of hydrogen-bond donors (Lipinski definition) is 1. The van der Waals surface area contributed by atoms with Gasteiger partial charge in [-0.25, -0.2) is 13.6 Å². The lowest BCUT2D eigenvalue weighted by Gasteiger charge is -2.24. The normalized spacial score (nSPS) is 12.6. The van der Waals surface area contributed by atoms with Crippen molar-refractivity contribution in [1.29, 1.82) is 0 Å². The van der Waals surface area contributed by atoms with Gasteiger partial charge in [-0.2, -0.15) is 0 Å². The minimum atomic E-state index is -0.675. The Bertz CT molecular complexity index is 743. The summed E-state index contributed by atoms with van der Waals surface area (Å²) in [5, 5.41) is 2.72. The largest absolute Gasteiger partial charge is 0.444 e. The Balaban J connectivity index is 2.29. The number of benzene rings is 1. The van der Waals surface area contributed by atoms with Crippen molar-refractivity contribution in [3.8, 4) is 0 Å². The molecule has 1 atom stereocenters. The highest BCUT2D eigenvalue weighted by atomic mass is 79.9. The summed E-state index contributed by atoms with van der Waals surface area (Å²) in [6.45, 7) is 5.25. The van der Waals surface area contributed by atoms with Crippen LogP contribution in [0.15, 0.2) is 41.0 Å². The number of rotatable bonds is 4. The van der Waals surface area contributed by atoms with Crippen LogP contribution in [0.4, 0.5) is 13.6 Å². The number of ether oxygens (including phenoxy) is 1. The van der Waals surface area contributed by atoms with Gasteiger partial charge in [0.15, 0.2) is 0 Å². The fourth-order valence-electron chi connectivity index (χ4n) is 2.28. The molecule has 0 aliphatic rings. The van der Waals surface area contributed by atoms with Gasteiger partial charge in [0.2, 0.25) is 0 Å². The predicted molar refractivity (Wildman–Crippen MR) is 94.1 cm³/mol. The second kappa shape index (κ2) is 7.91. The number of pyridine rings is 1. The van der Waals surface area contributed by atoms with Gasteiger partial charge in [-0.05, 0) is 73.0 Å². The SMILES string of the molecule is CC(C)(C)OC(=O)N[C@@H](Cc1cc(F)cc(F)c1)c1ncccc1Br. The molecule has 0 unspecified atom stereocenters. The lowest BCUT2D eigenvalue weighted by molar-refractivity contribution is 0.0502. The molecule has 1 N–H and O–H groups in total. The van der Waals surface area contributed by atoms with Crippen LogP contribution in [0.2, 0.25) is 0 Å². The number of carbonyl (C=O) groups is 1. The number of carbonyl (C=O) groups excluding carboxylic acids is 1. The third kappa shape index (κ3) is 6.08. The average Bonchev–Trinajstić information content (AvgIpc) is 2.44. The topological polar surface area (TPSA) is 51.2 Å². The van der Waals surface area contributed by atoms with E-state index in [-0.39, 0.29) is 6.42 Å². The van der Waals surface area contributed by atoms with Gasteiger partial charge in [0, 0.05) is 16.7 Å². The van der Waals surface area contributed by atoms with E-state index in [9.17, 15) is 13.6 Å². The average molecular weight is 413 g/mol. The maximum atomic E-state index is 13.5. The molecule has 0 aliphatic carbocycles. The van der Waals surface area contributed by atoms with Crippen LogP contribution >= 0.6 is 15.9 Å². The molecule has 0 radical (unpaired) electrons. The maximum Gasteiger partial charge on any atom is 0.408 e. The lowest BCUT2D eigenvalue weighted by Crippen LogP contribution is -2.36. The first kappa shape index (κ1) is 19.3. The molecule has 25 heavy (non-hydrogen) atoms. The first-order chi connectivity index (χ1) is 11.6. The van der Waals surface area contributed by atoms with E-state index < -0.39 is 29.4 Å². The smallest absolute Gasteiger partial charge is 0.408 e. The summed E-state index contributed by atoms with van der Waals surface area (Å²) >= 11 is 3.39. The van der Waals surface area contributed by atoms with E-state index in [4.69, 9.17) is 4.74 Å². The zero-order chi connectivity index (χ0) is 18.6. The molecule has 1 aromatic carbocycles. The Labute approximate surface area is 153 Å². The Hall–Kier alpha value is -2.02. The van der Waals surface area contributed by atoms with Crippen LogP contribution in [0.3, 0.4) is 0 Å². The quantitative estimate of drug-likeness (QED) is 0.774. The molecule has 0 aliphatic heterocycles. The van der Waals surface area contributed by atoms with Gasteiger partial charge in [-0.15, -0.1) is 0 Å². The molecule has 2 rings (SSSR count). The minimum absolute atomic E-state index is 0.156. The molecule has 2 aromatic rings. The summed E-state index contributed by atoms with van der Waals surface area (Å²) < 4.78 is 32.9. The van der Waals surface area contributed by atoms with E-state index >= 15 is 0 Å². The highest BCUT2D eigenvalue weighted by Crippen LogP contribution is 2.25. The molecule has 1 amide bonds. The minimum Gasteiger partial charge on any atom is -0.444 e. The molecule has 1 heterocycles. The van der Waals surface area contributed by atoms with E-state index in [1.807, 2.05) is 0 Å². The Kier molecular flexibility index (Phi) is 6.11. The number of aromatic nitrogens is 1. The standard InChI is InChI=1S/C18H19BrF2N2O2/c1-18(2,3)25-17(24)23-15(16-14(19)5-4-6-22-16)9-11-7-12(20)10-13(21)8-11/h4-8,10,15H,9H2,1-3H3,(H,23,24)/t15-/m0/s1. The summed E-state index contributed by atoms with van der Waals surface area (Å²) in [5.41, 5.74) is 0.273. The fraction of sp³-hybridized carbons (Fsp3) is 0.333. The van der Waals surface area contributed by atoms with Crippen LogP contribution in [0.1, 0.15) is 38.1 Å². The monoisotopic (exact) mass is 412 g/mol. The molecule has 0 saturated heterocycles. The van der Waals surface area contributed by atoms with E-state index in [1.165, 1.54) is 12.1 Å². The number of hydrogen-bond acceptors (Lipinski definition) is 3. The van der Waals surface area contributed by atoms with Crippen molar-refractivity contribution in [1.82, 2.24) is 10.3 Å². The van der Waals surface area contributed by atoms with E-state index in [0.29, 0.717) is 15.7 Å². The summed E-state index contributed by atoms with van der Waals surface area (Å²) in [4.78, 5) is 16.4. The second-order valence-corrected chi connectivity index (χ2v) is 7.41. The van der Waals surface area contributed by atoms with Crippen LogP contribution in [0.25, 0.3) is 0 Å². The molecule has 0 bridgehead atoms. The number of nitrogens with zero attached hydrogens (tertiary/aromatic N) is 1. The number of nitrogens with one attached hydrogen (secondary N) is 1. The molecule has 0 fully saturated rings. The van der Waals surface area contributed by atoms with Crippen molar-refractivity contribution in [2.45, 2.75) is 38.8 Å². The third-order valence-corrected chi connectivity index (χ3v) is 3.84. The van der Waals surface area contributed by atoms with Crippen molar-refractivity contribution in [3.05, 3.63) is 63.9 Å². The predicted octanol–water partition coefficient (Wildman–Crippen LogP) is 4.93. The van der Waals surface area contributed by atoms with Gasteiger partial charge in [-0.1, -0.05) is 0 Å². The van der Waals surface area contributed by atoms with Crippen molar-refractivity contribution in [2.75, 3.05) is 0 Å². The molecular formula is C18H19BrF2N2O2. The summed E-state index contributed by atoms with van der Waals surface area (Å²) in [5.74, 6) is -1.35. The molecule has 0 saturated carbocycles. The molecule has 7 heteroatoms. The van der Waals surface area contributed by atoms with Crippen LogP contribution in [-0.4, -0.2) is 16.7 Å². The molecule has 1 aromatic heterocycles. The molecular weight excluding hydrogens is 394 g/mol. The van der Waals surface area contributed by atoms with Gasteiger partial charge >= 0.3 is 6.09 Å². The Morgan fingerprint density at radius 3 is 2.48 bits per heavy atom. The second-order valence-electron chi connectivity index (χ2n) is 6.55. The molecule has 134 valence electrons. The van der Waals surface area contributed by atoms with E-state index in [2.05, 4.69) is 26.2 Å². The van der Waals surface area contributed by atoms with Crippen molar-refractivity contribution < 1.29 is 18.3 Å². The van der Waals surface area contributed by atoms with E-state index in [1.54, 1.807) is 39.1 Å².